The Morgan fingerprint density at radius 1 is 1.06 bits per heavy atom. The maximum Gasteiger partial charge on any atom is 0.234 e. The summed E-state index contributed by atoms with van der Waals surface area (Å²) in [7, 11) is 0. The van der Waals surface area contributed by atoms with Gasteiger partial charge < -0.3 is 5.32 Å². The Morgan fingerprint density at radius 2 is 1.81 bits per heavy atom. The van der Waals surface area contributed by atoms with Crippen LogP contribution in [0.5, 0.6) is 0 Å². The van der Waals surface area contributed by atoms with Gasteiger partial charge in [0.15, 0.2) is 11.0 Å². The van der Waals surface area contributed by atoms with Crippen molar-refractivity contribution in [2.24, 2.45) is 0 Å². The van der Waals surface area contributed by atoms with Gasteiger partial charge in [-0.2, -0.15) is 0 Å². The zero-order valence-electron chi connectivity index (χ0n) is 16.8. The fourth-order valence-electron chi connectivity index (χ4n) is 3.01. The summed E-state index contributed by atoms with van der Waals surface area (Å²) in [4.78, 5) is 12.4. The number of hydrogen-bond donors (Lipinski definition) is 1. The first-order valence-electron chi connectivity index (χ1n) is 9.57. The lowest BCUT2D eigenvalue weighted by atomic mass is 10.2. The van der Waals surface area contributed by atoms with Crippen molar-refractivity contribution in [3.05, 3.63) is 89.0 Å². The first-order chi connectivity index (χ1) is 15.4. The third-order valence-electron chi connectivity index (χ3n) is 4.58. The summed E-state index contributed by atoms with van der Waals surface area (Å²) in [5.41, 5.74) is 2.42. The van der Waals surface area contributed by atoms with Gasteiger partial charge in [0.1, 0.15) is 11.6 Å². The van der Waals surface area contributed by atoms with Crippen molar-refractivity contribution < 1.29 is 13.6 Å². The Labute approximate surface area is 192 Å². The van der Waals surface area contributed by atoms with Gasteiger partial charge in [-0.05, 0) is 49.4 Å². The van der Waals surface area contributed by atoms with Crippen molar-refractivity contribution in [3.63, 3.8) is 0 Å². The predicted octanol–water partition coefficient (Wildman–Crippen LogP) is 5.91. The number of thioether (sulfide) groups is 1. The first-order valence-corrected chi connectivity index (χ1v) is 10.9. The van der Waals surface area contributed by atoms with E-state index in [0.717, 1.165) is 29.1 Å². The van der Waals surface area contributed by atoms with Crippen molar-refractivity contribution in [1.29, 1.82) is 0 Å². The zero-order chi connectivity index (χ0) is 22.7. The van der Waals surface area contributed by atoms with E-state index in [2.05, 4.69) is 15.5 Å². The van der Waals surface area contributed by atoms with E-state index in [1.807, 2.05) is 31.2 Å². The molecule has 0 atom stereocenters. The minimum Gasteiger partial charge on any atom is -0.324 e. The molecule has 1 heterocycles. The van der Waals surface area contributed by atoms with E-state index in [-0.39, 0.29) is 16.7 Å². The molecule has 0 spiro atoms. The number of amides is 1. The SMILES string of the molecule is Cc1ccc(-n2c(SCC(=O)Nc3ccc(F)cc3Cl)nnc2-c2ccccc2F)cc1. The lowest BCUT2D eigenvalue weighted by Crippen LogP contribution is -2.15. The summed E-state index contributed by atoms with van der Waals surface area (Å²) < 4.78 is 29.4. The second-order valence-electron chi connectivity index (χ2n) is 6.92. The summed E-state index contributed by atoms with van der Waals surface area (Å²) in [5, 5.41) is 11.6. The number of aromatic nitrogens is 3. The molecule has 0 saturated heterocycles. The Hall–Kier alpha value is -3.23. The summed E-state index contributed by atoms with van der Waals surface area (Å²) in [6.45, 7) is 1.97. The van der Waals surface area contributed by atoms with Gasteiger partial charge in [-0.3, -0.25) is 9.36 Å². The van der Waals surface area contributed by atoms with Crippen LogP contribution in [-0.2, 0) is 4.79 Å². The molecule has 162 valence electrons. The third kappa shape index (κ3) is 4.81. The summed E-state index contributed by atoms with van der Waals surface area (Å²) in [6, 6.07) is 17.7. The molecule has 0 bridgehead atoms. The van der Waals surface area contributed by atoms with Crippen LogP contribution in [0.4, 0.5) is 14.5 Å². The molecular weight excluding hydrogens is 454 g/mol. The highest BCUT2D eigenvalue weighted by Crippen LogP contribution is 2.30. The van der Waals surface area contributed by atoms with Gasteiger partial charge in [-0.1, -0.05) is 53.2 Å². The van der Waals surface area contributed by atoms with Crippen molar-refractivity contribution in [3.8, 4) is 17.1 Å². The van der Waals surface area contributed by atoms with Gasteiger partial charge >= 0.3 is 0 Å². The molecule has 1 N–H and O–H groups in total. The molecule has 5 nitrogen and oxygen atoms in total. The Morgan fingerprint density at radius 3 is 2.53 bits per heavy atom. The molecule has 3 aromatic carbocycles. The van der Waals surface area contributed by atoms with Gasteiger partial charge in [0.05, 0.1) is 22.0 Å². The van der Waals surface area contributed by atoms with Gasteiger partial charge in [0.25, 0.3) is 0 Å². The van der Waals surface area contributed by atoms with Gasteiger partial charge in [-0.25, -0.2) is 8.78 Å². The molecule has 4 aromatic rings. The van der Waals surface area contributed by atoms with Gasteiger partial charge in [0.2, 0.25) is 5.91 Å². The molecule has 0 aliphatic heterocycles. The summed E-state index contributed by atoms with van der Waals surface area (Å²) in [5.74, 6) is -0.941. The fraction of sp³-hybridized carbons (Fsp3) is 0.0870. The molecule has 0 unspecified atom stereocenters. The molecule has 9 heteroatoms. The smallest absolute Gasteiger partial charge is 0.234 e. The average Bonchev–Trinajstić information content (AvgIpc) is 3.19. The van der Waals surface area contributed by atoms with E-state index in [1.54, 1.807) is 22.8 Å². The Balaban J connectivity index is 1.61. The van der Waals surface area contributed by atoms with Gasteiger partial charge in [-0.15, -0.1) is 10.2 Å². The average molecular weight is 471 g/mol. The number of nitrogens with zero attached hydrogens (tertiary/aromatic N) is 3. The van der Waals surface area contributed by atoms with E-state index in [4.69, 9.17) is 11.6 Å². The number of rotatable bonds is 6. The fourth-order valence-corrected chi connectivity index (χ4v) is 3.98. The molecule has 0 fully saturated rings. The molecule has 4 rings (SSSR count). The third-order valence-corrected chi connectivity index (χ3v) is 5.82. The highest BCUT2D eigenvalue weighted by molar-refractivity contribution is 7.99. The minimum atomic E-state index is -0.491. The molecule has 1 amide bonds. The Kier molecular flexibility index (Phi) is 6.53. The molecule has 0 aliphatic carbocycles. The van der Waals surface area contributed by atoms with Crippen LogP contribution >= 0.6 is 23.4 Å². The largest absolute Gasteiger partial charge is 0.324 e. The standard InChI is InChI=1S/C23H17ClF2N4OS/c1-14-6-9-16(10-7-14)30-22(17-4-2-3-5-19(17)26)28-29-23(30)32-13-21(31)27-20-11-8-15(25)12-18(20)24/h2-12H,13H2,1H3,(H,27,31). The lowest BCUT2D eigenvalue weighted by molar-refractivity contribution is -0.113. The molecular formula is C23H17ClF2N4OS. The second kappa shape index (κ2) is 9.50. The summed E-state index contributed by atoms with van der Waals surface area (Å²) >= 11 is 7.11. The van der Waals surface area contributed by atoms with Crippen molar-refractivity contribution in [2.45, 2.75) is 12.1 Å². The number of benzene rings is 3. The van der Waals surface area contributed by atoms with Crippen LogP contribution in [0.1, 0.15) is 5.56 Å². The second-order valence-corrected chi connectivity index (χ2v) is 8.27. The number of anilines is 1. The lowest BCUT2D eigenvalue weighted by Gasteiger charge is -2.11. The van der Waals surface area contributed by atoms with E-state index < -0.39 is 11.6 Å². The maximum atomic E-state index is 14.5. The number of aryl methyl sites for hydroxylation is 1. The van der Waals surface area contributed by atoms with Crippen LogP contribution in [0.15, 0.2) is 71.9 Å². The highest BCUT2D eigenvalue weighted by Gasteiger charge is 2.19. The summed E-state index contributed by atoms with van der Waals surface area (Å²) in [6.07, 6.45) is 0. The van der Waals surface area contributed by atoms with Crippen molar-refractivity contribution >= 4 is 35.0 Å². The van der Waals surface area contributed by atoms with Crippen LogP contribution in [0.25, 0.3) is 17.1 Å². The molecule has 32 heavy (non-hydrogen) atoms. The van der Waals surface area contributed by atoms with Crippen LogP contribution < -0.4 is 5.32 Å². The maximum absolute atomic E-state index is 14.5. The van der Waals surface area contributed by atoms with Crippen molar-refractivity contribution in [1.82, 2.24) is 14.8 Å². The Bertz CT molecular complexity index is 1280. The first kappa shape index (κ1) is 22.0. The van der Waals surface area contributed by atoms with E-state index in [0.29, 0.717) is 22.2 Å². The molecule has 0 aliphatic rings. The monoisotopic (exact) mass is 470 g/mol. The zero-order valence-corrected chi connectivity index (χ0v) is 18.4. The number of carbonyl (C=O) groups is 1. The normalized spacial score (nSPS) is 10.9. The minimum absolute atomic E-state index is 0.00499. The van der Waals surface area contributed by atoms with Crippen molar-refractivity contribution in [2.75, 3.05) is 11.1 Å². The van der Waals surface area contributed by atoms with Crippen LogP contribution in [0.2, 0.25) is 5.02 Å². The topological polar surface area (TPSA) is 59.8 Å². The van der Waals surface area contributed by atoms with Gasteiger partial charge in [0, 0.05) is 5.69 Å². The quantitative estimate of drug-likeness (QED) is 0.356. The number of carbonyl (C=O) groups excluding carboxylic acids is 1. The highest BCUT2D eigenvalue weighted by atomic mass is 35.5. The molecule has 0 saturated carbocycles. The van der Waals surface area contributed by atoms with Crippen LogP contribution in [-0.4, -0.2) is 26.4 Å². The number of halogens is 3. The molecule has 0 radical (unpaired) electrons. The van der Waals surface area contributed by atoms with E-state index >= 15 is 0 Å². The van der Waals surface area contributed by atoms with Crippen LogP contribution in [0.3, 0.4) is 0 Å². The molecule has 1 aromatic heterocycles. The number of nitrogens with one attached hydrogen (secondary N) is 1. The number of hydrogen-bond acceptors (Lipinski definition) is 4. The predicted molar refractivity (Wildman–Crippen MR) is 122 cm³/mol. The van der Waals surface area contributed by atoms with E-state index in [1.165, 1.54) is 18.2 Å². The van der Waals surface area contributed by atoms with Crippen LogP contribution in [0, 0.1) is 18.6 Å². The van der Waals surface area contributed by atoms with E-state index in [9.17, 15) is 13.6 Å².